The van der Waals surface area contributed by atoms with Gasteiger partial charge in [0.05, 0.1) is 25.9 Å². The number of rotatable bonds is 6. The van der Waals surface area contributed by atoms with Crippen molar-refractivity contribution in [3.8, 4) is 0 Å². The van der Waals surface area contributed by atoms with Crippen molar-refractivity contribution >= 4 is 0 Å². The van der Waals surface area contributed by atoms with E-state index < -0.39 is 0 Å². The summed E-state index contributed by atoms with van der Waals surface area (Å²) in [5, 5.41) is 13.0. The summed E-state index contributed by atoms with van der Waals surface area (Å²) in [5.41, 5.74) is 0. The van der Waals surface area contributed by atoms with Crippen LogP contribution in [0.25, 0.3) is 0 Å². The van der Waals surface area contributed by atoms with Crippen molar-refractivity contribution in [1.29, 1.82) is 0 Å². The number of hydrogen-bond acceptors (Lipinski definition) is 5. The Morgan fingerprint density at radius 1 is 1.42 bits per heavy atom. The summed E-state index contributed by atoms with van der Waals surface area (Å²) in [5.74, 6) is 1.03. The molecule has 1 fully saturated rings. The minimum Gasteiger partial charge on any atom is -0.394 e. The number of ether oxygens (including phenoxy) is 1. The summed E-state index contributed by atoms with van der Waals surface area (Å²) in [6.45, 7) is 7.68. The fourth-order valence-electron chi connectivity index (χ4n) is 2.47. The predicted octanol–water partition coefficient (Wildman–Crippen LogP) is 0.832. The van der Waals surface area contributed by atoms with Gasteiger partial charge in [0, 0.05) is 19.1 Å². The van der Waals surface area contributed by atoms with Gasteiger partial charge in [-0.3, -0.25) is 4.90 Å². The maximum Gasteiger partial charge on any atom is 0.141 e. The van der Waals surface area contributed by atoms with E-state index in [-0.39, 0.29) is 6.61 Å². The van der Waals surface area contributed by atoms with Gasteiger partial charge < -0.3 is 9.84 Å². The third kappa shape index (κ3) is 3.99. The molecule has 1 aliphatic heterocycles. The highest BCUT2D eigenvalue weighted by Gasteiger charge is 2.21. The summed E-state index contributed by atoms with van der Waals surface area (Å²) in [7, 11) is 0. The van der Waals surface area contributed by atoms with E-state index in [1.807, 2.05) is 4.68 Å². The number of aliphatic hydroxyl groups excluding tert-OH is 1. The Hall–Kier alpha value is -0.980. The number of hydrogen-bond donors (Lipinski definition) is 1. The first-order valence-corrected chi connectivity index (χ1v) is 7.04. The number of piperidine rings is 1. The van der Waals surface area contributed by atoms with Crippen molar-refractivity contribution in [2.75, 3.05) is 26.3 Å². The second kappa shape index (κ2) is 6.98. The van der Waals surface area contributed by atoms with Crippen LogP contribution in [0.2, 0.25) is 0 Å². The van der Waals surface area contributed by atoms with E-state index in [2.05, 4.69) is 28.8 Å². The highest BCUT2D eigenvalue weighted by molar-refractivity contribution is 4.88. The van der Waals surface area contributed by atoms with Gasteiger partial charge in [0.1, 0.15) is 12.2 Å². The molecule has 6 nitrogen and oxygen atoms in total. The van der Waals surface area contributed by atoms with Crippen molar-refractivity contribution in [2.45, 2.75) is 45.4 Å². The number of likely N-dealkylation sites (tertiary alicyclic amines) is 1. The van der Waals surface area contributed by atoms with E-state index in [0.717, 1.165) is 38.3 Å². The lowest BCUT2D eigenvalue weighted by atomic mass is 10.1. The number of aromatic nitrogens is 3. The molecule has 108 valence electrons. The third-order valence-electron chi connectivity index (χ3n) is 3.48. The zero-order valence-electron chi connectivity index (χ0n) is 11.8. The lowest BCUT2D eigenvalue weighted by Gasteiger charge is -2.31. The summed E-state index contributed by atoms with van der Waals surface area (Å²) in [6.07, 6.45) is 3.98. The molecule has 1 aromatic heterocycles. The van der Waals surface area contributed by atoms with E-state index in [0.29, 0.717) is 18.8 Å². The van der Waals surface area contributed by atoms with Crippen LogP contribution in [0.1, 0.15) is 38.6 Å². The number of nitrogens with zero attached hydrogens (tertiary/aromatic N) is 4. The smallest absolute Gasteiger partial charge is 0.141 e. The summed E-state index contributed by atoms with van der Waals surface area (Å²) < 4.78 is 7.55. The standard InChI is InChI=1S/C13H24N4O2/c1-11(2)17-13(14-10-15-17)9-16-5-3-12(4-6-16)19-8-7-18/h10-12,18H,3-9H2,1-2H3. The SMILES string of the molecule is CC(C)n1ncnc1CN1CCC(OCCO)CC1. The van der Waals surface area contributed by atoms with E-state index in [1.165, 1.54) is 0 Å². The second-order valence-electron chi connectivity index (χ2n) is 5.28. The largest absolute Gasteiger partial charge is 0.394 e. The maximum atomic E-state index is 8.75. The summed E-state index contributed by atoms with van der Waals surface area (Å²) in [6, 6.07) is 0.350. The molecule has 0 aromatic carbocycles. The first-order chi connectivity index (χ1) is 9.20. The molecule has 1 N–H and O–H groups in total. The molecule has 2 rings (SSSR count). The molecule has 2 heterocycles. The van der Waals surface area contributed by atoms with E-state index in [9.17, 15) is 0 Å². The molecule has 19 heavy (non-hydrogen) atoms. The van der Waals surface area contributed by atoms with Crippen LogP contribution < -0.4 is 0 Å². The topological polar surface area (TPSA) is 63.4 Å². The Balaban J connectivity index is 1.80. The average molecular weight is 268 g/mol. The lowest BCUT2D eigenvalue weighted by molar-refractivity contribution is -0.00961. The van der Waals surface area contributed by atoms with Crippen LogP contribution in [0.4, 0.5) is 0 Å². The fraction of sp³-hybridized carbons (Fsp3) is 0.846. The molecule has 6 heteroatoms. The quantitative estimate of drug-likeness (QED) is 0.828. The second-order valence-corrected chi connectivity index (χ2v) is 5.28. The monoisotopic (exact) mass is 268 g/mol. The van der Waals surface area contributed by atoms with Gasteiger partial charge in [0.15, 0.2) is 0 Å². The molecule has 0 radical (unpaired) electrons. The highest BCUT2D eigenvalue weighted by atomic mass is 16.5. The number of aliphatic hydroxyl groups is 1. The van der Waals surface area contributed by atoms with Gasteiger partial charge in [0.25, 0.3) is 0 Å². The Labute approximate surface area is 114 Å². The van der Waals surface area contributed by atoms with Gasteiger partial charge in [-0.15, -0.1) is 0 Å². The molecule has 0 bridgehead atoms. The van der Waals surface area contributed by atoms with Crippen molar-refractivity contribution < 1.29 is 9.84 Å². The first kappa shape index (κ1) is 14.4. The van der Waals surface area contributed by atoms with Crippen LogP contribution in [-0.4, -0.2) is 57.2 Å². The Kier molecular flexibility index (Phi) is 5.30. The Bertz CT molecular complexity index is 372. The van der Waals surface area contributed by atoms with Crippen LogP contribution >= 0.6 is 0 Å². The van der Waals surface area contributed by atoms with E-state index in [4.69, 9.17) is 9.84 Å². The fourth-order valence-corrected chi connectivity index (χ4v) is 2.47. The molecule has 0 aliphatic carbocycles. The van der Waals surface area contributed by atoms with Gasteiger partial charge in [-0.2, -0.15) is 5.10 Å². The van der Waals surface area contributed by atoms with Gasteiger partial charge >= 0.3 is 0 Å². The van der Waals surface area contributed by atoms with Crippen molar-refractivity contribution in [1.82, 2.24) is 19.7 Å². The third-order valence-corrected chi connectivity index (χ3v) is 3.48. The van der Waals surface area contributed by atoms with Gasteiger partial charge in [-0.25, -0.2) is 9.67 Å². The normalized spacial score (nSPS) is 18.3. The molecule has 0 atom stereocenters. The molecule has 1 aromatic rings. The zero-order valence-corrected chi connectivity index (χ0v) is 11.8. The van der Waals surface area contributed by atoms with Gasteiger partial charge in [0.2, 0.25) is 0 Å². The highest BCUT2D eigenvalue weighted by Crippen LogP contribution is 2.16. The van der Waals surface area contributed by atoms with E-state index in [1.54, 1.807) is 6.33 Å². The summed E-state index contributed by atoms with van der Waals surface area (Å²) in [4.78, 5) is 6.74. The molecule has 1 aliphatic rings. The van der Waals surface area contributed by atoms with Crippen molar-refractivity contribution in [3.05, 3.63) is 12.2 Å². The Morgan fingerprint density at radius 2 is 2.16 bits per heavy atom. The minimum atomic E-state index is 0.109. The molecular weight excluding hydrogens is 244 g/mol. The molecule has 0 amide bonds. The maximum absolute atomic E-state index is 8.75. The lowest BCUT2D eigenvalue weighted by Crippen LogP contribution is -2.37. The van der Waals surface area contributed by atoms with Crippen LogP contribution in [0.5, 0.6) is 0 Å². The first-order valence-electron chi connectivity index (χ1n) is 7.04. The average Bonchev–Trinajstić information content (AvgIpc) is 2.86. The molecule has 1 saturated heterocycles. The van der Waals surface area contributed by atoms with Crippen LogP contribution in [0.15, 0.2) is 6.33 Å². The van der Waals surface area contributed by atoms with Gasteiger partial charge in [-0.1, -0.05) is 0 Å². The van der Waals surface area contributed by atoms with E-state index >= 15 is 0 Å². The molecular formula is C13H24N4O2. The van der Waals surface area contributed by atoms with Crippen molar-refractivity contribution in [2.24, 2.45) is 0 Å². The molecule has 0 saturated carbocycles. The van der Waals surface area contributed by atoms with Crippen LogP contribution in [0.3, 0.4) is 0 Å². The van der Waals surface area contributed by atoms with Crippen LogP contribution in [-0.2, 0) is 11.3 Å². The summed E-state index contributed by atoms with van der Waals surface area (Å²) >= 11 is 0. The Morgan fingerprint density at radius 3 is 2.79 bits per heavy atom. The molecule has 0 spiro atoms. The van der Waals surface area contributed by atoms with Crippen LogP contribution in [0, 0.1) is 0 Å². The van der Waals surface area contributed by atoms with Crippen molar-refractivity contribution in [3.63, 3.8) is 0 Å². The minimum absolute atomic E-state index is 0.109. The predicted molar refractivity (Wildman–Crippen MR) is 71.7 cm³/mol. The van der Waals surface area contributed by atoms with Gasteiger partial charge in [-0.05, 0) is 26.7 Å². The molecule has 0 unspecified atom stereocenters. The zero-order chi connectivity index (χ0) is 13.7.